The number of rotatable bonds is 7. The van der Waals surface area contributed by atoms with E-state index >= 15 is 0 Å². The van der Waals surface area contributed by atoms with Crippen molar-refractivity contribution in [2.45, 2.75) is 52.1 Å². The molecule has 1 aliphatic rings. The van der Waals surface area contributed by atoms with Crippen LogP contribution in [-0.2, 0) is 13.3 Å². The van der Waals surface area contributed by atoms with Crippen LogP contribution in [0.3, 0.4) is 0 Å². The molecule has 0 unspecified atom stereocenters. The van der Waals surface area contributed by atoms with E-state index in [9.17, 15) is 0 Å². The smallest absolute Gasteiger partial charge is 0.371 e. The van der Waals surface area contributed by atoms with Crippen LogP contribution in [0.2, 0.25) is 12.1 Å². The van der Waals surface area contributed by atoms with E-state index in [1.807, 2.05) is 20.8 Å². The zero-order valence-electron chi connectivity index (χ0n) is 12.8. The van der Waals surface area contributed by atoms with Crippen LogP contribution in [0.15, 0.2) is 12.3 Å². The van der Waals surface area contributed by atoms with Crippen molar-refractivity contribution in [2.75, 3.05) is 19.8 Å². The molecule has 1 fully saturated rings. The molecular formula is C13H31NO3Si2. The normalized spacial score (nSPS) is 16.6. The first-order chi connectivity index (χ1) is 9.14. The van der Waals surface area contributed by atoms with Crippen molar-refractivity contribution in [3.8, 4) is 0 Å². The Labute approximate surface area is 121 Å². The Morgan fingerprint density at radius 3 is 1.63 bits per heavy atom. The fourth-order valence-corrected chi connectivity index (χ4v) is 5.76. The maximum atomic E-state index is 5.77. The van der Waals surface area contributed by atoms with Crippen LogP contribution in [0.25, 0.3) is 0 Å². The molecule has 1 aliphatic heterocycles. The van der Waals surface area contributed by atoms with Gasteiger partial charge in [0.15, 0.2) is 0 Å². The Hall–Kier alpha value is 0.0138. The minimum atomic E-state index is -2.51. The van der Waals surface area contributed by atoms with Gasteiger partial charge in [-0.2, -0.15) is 0 Å². The van der Waals surface area contributed by atoms with Crippen molar-refractivity contribution in [3.05, 3.63) is 12.3 Å². The monoisotopic (exact) mass is 305 g/mol. The van der Waals surface area contributed by atoms with Crippen LogP contribution in [0.5, 0.6) is 0 Å². The third kappa shape index (κ3) is 8.72. The average molecular weight is 306 g/mol. The second-order valence-electron chi connectivity index (χ2n) is 4.50. The van der Waals surface area contributed by atoms with Crippen molar-refractivity contribution in [1.82, 2.24) is 0 Å². The SMILES string of the molecule is C=C[Si](OCC)(OCC)OCC.N[SiH]1CCCCC1. The minimum Gasteiger partial charge on any atom is -0.371 e. The number of hydrogen-bond acceptors (Lipinski definition) is 4. The largest absolute Gasteiger partial charge is 0.528 e. The lowest BCUT2D eigenvalue weighted by Gasteiger charge is -2.24. The van der Waals surface area contributed by atoms with Gasteiger partial charge in [-0.25, -0.2) is 0 Å². The topological polar surface area (TPSA) is 53.7 Å². The first-order valence-corrected chi connectivity index (χ1v) is 11.5. The van der Waals surface area contributed by atoms with Gasteiger partial charge in [-0.3, -0.25) is 0 Å². The first-order valence-electron chi connectivity index (χ1n) is 7.45. The molecule has 0 aliphatic carbocycles. The molecule has 1 saturated heterocycles. The number of hydrogen-bond donors (Lipinski definition) is 1. The molecule has 0 aromatic carbocycles. The van der Waals surface area contributed by atoms with E-state index < -0.39 is 17.8 Å². The Bertz CT molecular complexity index is 207. The quantitative estimate of drug-likeness (QED) is 0.735. The summed E-state index contributed by atoms with van der Waals surface area (Å²) in [4.78, 5) is 0. The van der Waals surface area contributed by atoms with E-state index in [-0.39, 0.29) is 0 Å². The van der Waals surface area contributed by atoms with Gasteiger partial charge in [0.05, 0.1) is 0 Å². The third-order valence-electron chi connectivity index (χ3n) is 2.94. The van der Waals surface area contributed by atoms with Crippen LogP contribution in [0, 0.1) is 0 Å². The molecule has 0 bridgehead atoms. The summed E-state index contributed by atoms with van der Waals surface area (Å²) in [5, 5.41) is 5.77. The molecule has 0 aromatic heterocycles. The van der Waals surface area contributed by atoms with E-state index in [1.54, 1.807) is 5.70 Å². The summed E-state index contributed by atoms with van der Waals surface area (Å²) in [6.45, 7) is 11.2. The molecule has 2 N–H and O–H groups in total. The van der Waals surface area contributed by atoms with Crippen molar-refractivity contribution in [2.24, 2.45) is 5.40 Å². The predicted octanol–water partition coefficient (Wildman–Crippen LogP) is 2.61. The summed E-state index contributed by atoms with van der Waals surface area (Å²) >= 11 is 0. The van der Waals surface area contributed by atoms with Crippen LogP contribution in [-0.4, -0.2) is 37.6 Å². The maximum Gasteiger partial charge on any atom is 0.528 e. The predicted molar refractivity (Wildman–Crippen MR) is 85.6 cm³/mol. The lowest BCUT2D eigenvalue weighted by atomic mass is 10.3. The molecule has 0 spiro atoms. The van der Waals surface area contributed by atoms with Crippen molar-refractivity contribution in [1.29, 1.82) is 0 Å². The van der Waals surface area contributed by atoms with Gasteiger partial charge in [0.25, 0.3) is 0 Å². The highest BCUT2D eigenvalue weighted by Crippen LogP contribution is 2.14. The van der Waals surface area contributed by atoms with E-state index in [0.717, 1.165) is 0 Å². The fraction of sp³-hybridized carbons (Fsp3) is 0.846. The molecule has 114 valence electrons. The summed E-state index contributed by atoms with van der Waals surface area (Å²) in [7, 11) is -3.10. The van der Waals surface area contributed by atoms with Gasteiger partial charge in [0.1, 0.15) is 8.96 Å². The van der Waals surface area contributed by atoms with E-state index in [1.165, 1.54) is 31.4 Å². The molecule has 4 nitrogen and oxygen atoms in total. The average Bonchev–Trinajstić information content (AvgIpc) is 2.41. The zero-order valence-corrected chi connectivity index (χ0v) is 15.0. The molecule has 0 amide bonds. The molecule has 19 heavy (non-hydrogen) atoms. The zero-order chi connectivity index (χ0) is 14.6. The van der Waals surface area contributed by atoms with Gasteiger partial charge in [-0.15, -0.1) is 0 Å². The second kappa shape index (κ2) is 11.8. The lowest BCUT2D eigenvalue weighted by Crippen LogP contribution is -2.44. The Morgan fingerprint density at radius 1 is 1.00 bits per heavy atom. The molecule has 1 rings (SSSR count). The summed E-state index contributed by atoms with van der Waals surface area (Å²) in [5.41, 5.74) is 1.67. The van der Waals surface area contributed by atoms with Crippen molar-refractivity contribution in [3.63, 3.8) is 0 Å². The fourth-order valence-electron chi connectivity index (χ4n) is 2.04. The Kier molecular flexibility index (Phi) is 11.8. The second-order valence-corrected chi connectivity index (χ2v) is 9.66. The minimum absolute atomic E-state index is 0.595. The molecular weight excluding hydrogens is 274 g/mol. The summed E-state index contributed by atoms with van der Waals surface area (Å²) in [5.74, 6) is 0. The maximum absolute atomic E-state index is 5.77. The van der Waals surface area contributed by atoms with Gasteiger partial charge in [-0.05, 0) is 38.6 Å². The van der Waals surface area contributed by atoms with E-state index in [2.05, 4.69) is 6.58 Å². The molecule has 1 heterocycles. The number of nitrogens with two attached hydrogens (primary N) is 1. The van der Waals surface area contributed by atoms with Gasteiger partial charge in [-0.1, -0.05) is 25.8 Å². The lowest BCUT2D eigenvalue weighted by molar-refractivity contribution is 0.0844. The van der Waals surface area contributed by atoms with Crippen LogP contribution in [0.1, 0.15) is 40.0 Å². The van der Waals surface area contributed by atoms with Crippen molar-refractivity contribution < 1.29 is 13.3 Å². The Morgan fingerprint density at radius 2 is 1.42 bits per heavy atom. The van der Waals surface area contributed by atoms with Crippen LogP contribution in [0.4, 0.5) is 0 Å². The van der Waals surface area contributed by atoms with Gasteiger partial charge in [0, 0.05) is 19.8 Å². The molecule has 0 aromatic rings. The van der Waals surface area contributed by atoms with Gasteiger partial charge < -0.3 is 18.7 Å². The van der Waals surface area contributed by atoms with Crippen LogP contribution < -0.4 is 5.40 Å². The third-order valence-corrected chi connectivity index (χ3v) is 7.81. The summed E-state index contributed by atoms with van der Waals surface area (Å²) in [6, 6.07) is 2.81. The molecule has 6 heteroatoms. The molecule has 0 saturated carbocycles. The molecule has 0 atom stereocenters. The van der Waals surface area contributed by atoms with Crippen molar-refractivity contribution >= 4 is 17.8 Å². The Balaban J connectivity index is 0.000000388. The van der Waals surface area contributed by atoms with Gasteiger partial charge >= 0.3 is 8.80 Å². The van der Waals surface area contributed by atoms with E-state index in [4.69, 9.17) is 18.7 Å². The van der Waals surface area contributed by atoms with E-state index in [0.29, 0.717) is 19.8 Å². The highest BCUT2D eigenvalue weighted by molar-refractivity contribution is 6.66. The highest BCUT2D eigenvalue weighted by atomic mass is 28.4. The van der Waals surface area contributed by atoms with Crippen LogP contribution >= 0.6 is 0 Å². The molecule has 0 radical (unpaired) electrons. The highest BCUT2D eigenvalue weighted by Gasteiger charge is 2.36. The summed E-state index contributed by atoms with van der Waals surface area (Å²) in [6.07, 6.45) is 4.29. The standard InChI is InChI=1S/C8H18O3Si.C5H13NSi/c1-5-9-12(8-4,10-6-2)11-7-3;6-7-4-2-1-3-5-7/h8H,4-7H2,1-3H3;7H,1-6H2. The van der Waals surface area contributed by atoms with Gasteiger partial charge in [0.2, 0.25) is 0 Å². The summed E-state index contributed by atoms with van der Waals surface area (Å²) < 4.78 is 16.3. The first kappa shape index (κ1) is 19.0.